The first kappa shape index (κ1) is 10.1. The van der Waals surface area contributed by atoms with Crippen LogP contribution in [0, 0.1) is 6.92 Å². The van der Waals surface area contributed by atoms with Crippen LogP contribution in [0.25, 0.3) is 0 Å². The van der Waals surface area contributed by atoms with Gasteiger partial charge in [-0.1, -0.05) is 13.8 Å². The predicted molar refractivity (Wildman–Crippen MR) is 54.2 cm³/mol. The van der Waals surface area contributed by atoms with E-state index >= 15 is 0 Å². The molecule has 1 heterocycles. The van der Waals surface area contributed by atoms with E-state index in [1.807, 2.05) is 25.6 Å². The Morgan fingerprint density at radius 1 is 1.38 bits per heavy atom. The smallest absolute Gasteiger partial charge is 0.270 e. The molecule has 0 aliphatic heterocycles. The van der Waals surface area contributed by atoms with Gasteiger partial charge in [0.05, 0.1) is 0 Å². The third kappa shape index (κ3) is 1.43. The zero-order valence-electron chi connectivity index (χ0n) is 9.09. The van der Waals surface area contributed by atoms with Gasteiger partial charge in [0, 0.05) is 24.8 Å². The van der Waals surface area contributed by atoms with Crippen molar-refractivity contribution in [3.05, 3.63) is 21.6 Å². The Kier molecular flexibility index (Phi) is 2.64. The van der Waals surface area contributed by atoms with Crippen molar-refractivity contribution in [3.8, 4) is 0 Å². The van der Waals surface area contributed by atoms with Crippen LogP contribution in [-0.4, -0.2) is 9.36 Å². The minimum Gasteiger partial charge on any atom is -0.290 e. The summed E-state index contributed by atoms with van der Waals surface area (Å²) < 4.78 is 3.71. The molecule has 3 heteroatoms. The van der Waals surface area contributed by atoms with E-state index in [-0.39, 0.29) is 5.56 Å². The summed E-state index contributed by atoms with van der Waals surface area (Å²) in [6.07, 6.45) is 0. The Balaban J connectivity index is 3.46. The van der Waals surface area contributed by atoms with Gasteiger partial charge in [-0.15, -0.1) is 0 Å². The number of nitrogens with zero attached hydrogens (tertiary/aromatic N) is 2. The molecule has 13 heavy (non-hydrogen) atoms. The van der Waals surface area contributed by atoms with Crippen molar-refractivity contribution in [2.24, 2.45) is 7.05 Å². The van der Waals surface area contributed by atoms with Gasteiger partial charge in [-0.25, -0.2) is 0 Å². The van der Waals surface area contributed by atoms with Crippen molar-refractivity contribution in [1.82, 2.24) is 9.36 Å². The van der Waals surface area contributed by atoms with E-state index in [1.165, 1.54) is 0 Å². The molecule has 1 aromatic heterocycles. The maximum absolute atomic E-state index is 11.8. The summed E-state index contributed by atoms with van der Waals surface area (Å²) in [6.45, 7) is 8.85. The average Bonchev–Trinajstić information content (AvgIpc) is 2.24. The van der Waals surface area contributed by atoms with E-state index in [4.69, 9.17) is 0 Å². The number of hydrogen-bond donors (Lipinski definition) is 0. The molecule has 0 aliphatic rings. The van der Waals surface area contributed by atoms with Crippen LogP contribution in [0.2, 0.25) is 0 Å². The minimum absolute atomic E-state index is 0.164. The Hall–Kier alpha value is -0.990. The van der Waals surface area contributed by atoms with Crippen LogP contribution in [-0.2, 0) is 13.6 Å². The molecule has 0 amide bonds. The van der Waals surface area contributed by atoms with Gasteiger partial charge in [-0.2, -0.15) is 0 Å². The van der Waals surface area contributed by atoms with E-state index < -0.39 is 0 Å². The van der Waals surface area contributed by atoms with Crippen molar-refractivity contribution in [2.45, 2.75) is 40.2 Å². The molecule has 0 unspecified atom stereocenters. The summed E-state index contributed by atoms with van der Waals surface area (Å²) in [4.78, 5) is 11.8. The largest absolute Gasteiger partial charge is 0.290 e. The summed E-state index contributed by atoms with van der Waals surface area (Å²) in [7, 11) is 1.94. The highest BCUT2D eigenvalue weighted by molar-refractivity contribution is 5.20. The SMILES string of the molecule is CCn1c(=O)c(C(C)C)c(C)n1C. The molecule has 0 fully saturated rings. The van der Waals surface area contributed by atoms with Gasteiger partial charge in [0.2, 0.25) is 0 Å². The highest BCUT2D eigenvalue weighted by Gasteiger charge is 2.15. The monoisotopic (exact) mass is 182 g/mol. The summed E-state index contributed by atoms with van der Waals surface area (Å²) in [6, 6.07) is 0. The topological polar surface area (TPSA) is 26.9 Å². The molecule has 0 radical (unpaired) electrons. The van der Waals surface area contributed by atoms with Crippen LogP contribution < -0.4 is 5.56 Å². The lowest BCUT2D eigenvalue weighted by atomic mass is 10.0. The lowest BCUT2D eigenvalue weighted by Gasteiger charge is -2.04. The lowest BCUT2D eigenvalue weighted by Crippen LogP contribution is -2.22. The van der Waals surface area contributed by atoms with Crippen LogP contribution in [0.15, 0.2) is 4.79 Å². The van der Waals surface area contributed by atoms with Crippen molar-refractivity contribution >= 4 is 0 Å². The second-order valence-electron chi connectivity index (χ2n) is 3.70. The third-order valence-electron chi connectivity index (χ3n) is 2.58. The van der Waals surface area contributed by atoms with Crippen LogP contribution in [0.5, 0.6) is 0 Å². The molecule has 74 valence electrons. The van der Waals surface area contributed by atoms with Gasteiger partial charge in [-0.05, 0) is 19.8 Å². The van der Waals surface area contributed by atoms with Gasteiger partial charge < -0.3 is 0 Å². The molecular formula is C10H18N2O. The normalized spacial score (nSPS) is 11.2. The lowest BCUT2D eigenvalue weighted by molar-refractivity contribution is 0.510. The average molecular weight is 182 g/mol. The molecule has 0 spiro atoms. The van der Waals surface area contributed by atoms with Crippen LogP contribution >= 0.6 is 0 Å². The van der Waals surface area contributed by atoms with E-state index in [1.54, 1.807) is 4.68 Å². The van der Waals surface area contributed by atoms with E-state index in [0.717, 1.165) is 17.8 Å². The minimum atomic E-state index is 0.164. The first-order chi connectivity index (χ1) is 6.00. The number of rotatable bonds is 2. The molecule has 0 N–H and O–H groups in total. The summed E-state index contributed by atoms with van der Waals surface area (Å²) in [5, 5.41) is 0. The Bertz CT molecular complexity index is 358. The van der Waals surface area contributed by atoms with Gasteiger partial charge >= 0.3 is 0 Å². The van der Waals surface area contributed by atoms with E-state index in [9.17, 15) is 4.79 Å². The summed E-state index contributed by atoms with van der Waals surface area (Å²) in [5.41, 5.74) is 2.20. The number of aromatic nitrogens is 2. The molecule has 3 nitrogen and oxygen atoms in total. The standard InChI is InChI=1S/C10H18N2O/c1-6-12-10(13)9(7(2)3)8(4)11(12)5/h7H,6H2,1-5H3. The second kappa shape index (κ2) is 3.40. The maximum atomic E-state index is 11.8. The zero-order chi connectivity index (χ0) is 10.2. The predicted octanol–water partition coefficient (Wildman–Crippen LogP) is 1.64. The Morgan fingerprint density at radius 2 is 1.92 bits per heavy atom. The fraction of sp³-hybridized carbons (Fsp3) is 0.700. The van der Waals surface area contributed by atoms with Crippen LogP contribution in [0.1, 0.15) is 37.9 Å². The second-order valence-corrected chi connectivity index (χ2v) is 3.70. The highest BCUT2D eigenvalue weighted by Crippen LogP contribution is 2.14. The van der Waals surface area contributed by atoms with Crippen molar-refractivity contribution in [3.63, 3.8) is 0 Å². The maximum Gasteiger partial charge on any atom is 0.270 e. The van der Waals surface area contributed by atoms with E-state index in [2.05, 4.69) is 13.8 Å². The molecule has 1 rings (SSSR count). The van der Waals surface area contributed by atoms with Crippen molar-refractivity contribution in [2.75, 3.05) is 0 Å². The summed E-state index contributed by atoms with van der Waals surface area (Å²) >= 11 is 0. The Labute approximate surface area is 79.0 Å². The molecule has 0 saturated heterocycles. The Morgan fingerprint density at radius 3 is 2.15 bits per heavy atom. The van der Waals surface area contributed by atoms with E-state index in [0.29, 0.717) is 5.92 Å². The third-order valence-corrected chi connectivity index (χ3v) is 2.58. The van der Waals surface area contributed by atoms with Gasteiger partial charge in [0.1, 0.15) is 0 Å². The van der Waals surface area contributed by atoms with Gasteiger partial charge in [-0.3, -0.25) is 14.2 Å². The van der Waals surface area contributed by atoms with Gasteiger partial charge in [0.25, 0.3) is 5.56 Å². The molecule has 0 atom stereocenters. The van der Waals surface area contributed by atoms with Gasteiger partial charge in [0.15, 0.2) is 0 Å². The summed E-state index contributed by atoms with van der Waals surface area (Å²) in [5.74, 6) is 0.312. The number of hydrogen-bond acceptors (Lipinski definition) is 1. The fourth-order valence-corrected chi connectivity index (χ4v) is 1.81. The molecule has 0 saturated carbocycles. The molecule has 1 aromatic rings. The first-order valence-corrected chi connectivity index (χ1v) is 4.77. The quantitative estimate of drug-likeness (QED) is 0.683. The zero-order valence-corrected chi connectivity index (χ0v) is 9.09. The fourth-order valence-electron chi connectivity index (χ4n) is 1.81. The molecule has 0 bridgehead atoms. The van der Waals surface area contributed by atoms with Crippen LogP contribution in [0.3, 0.4) is 0 Å². The molecular weight excluding hydrogens is 164 g/mol. The van der Waals surface area contributed by atoms with Crippen LogP contribution in [0.4, 0.5) is 0 Å². The van der Waals surface area contributed by atoms with Crippen molar-refractivity contribution in [1.29, 1.82) is 0 Å². The molecule has 0 aliphatic carbocycles. The first-order valence-electron chi connectivity index (χ1n) is 4.77. The molecule has 0 aromatic carbocycles. The highest BCUT2D eigenvalue weighted by atomic mass is 16.1. The van der Waals surface area contributed by atoms with Crippen molar-refractivity contribution < 1.29 is 0 Å².